The van der Waals surface area contributed by atoms with Crippen LogP contribution < -0.4 is 9.62 Å². The summed E-state index contributed by atoms with van der Waals surface area (Å²) in [6, 6.07) is 17.5. The minimum Gasteiger partial charge on any atom is -0.355 e. The molecule has 0 fully saturated rings. The van der Waals surface area contributed by atoms with Crippen molar-refractivity contribution in [1.82, 2.24) is 10.2 Å². The molecular formula is C29H33Cl2N3O4S. The van der Waals surface area contributed by atoms with Crippen molar-refractivity contribution in [2.24, 2.45) is 0 Å². The predicted molar refractivity (Wildman–Crippen MR) is 157 cm³/mol. The topological polar surface area (TPSA) is 86.8 Å². The largest absolute Gasteiger partial charge is 0.355 e. The Kier molecular flexibility index (Phi) is 10.4. The van der Waals surface area contributed by atoms with Gasteiger partial charge in [-0.15, -0.1) is 0 Å². The van der Waals surface area contributed by atoms with E-state index in [-0.39, 0.29) is 17.3 Å². The average molecular weight is 591 g/mol. The van der Waals surface area contributed by atoms with Gasteiger partial charge in [0, 0.05) is 13.1 Å². The maximum absolute atomic E-state index is 14.0. The lowest BCUT2D eigenvalue weighted by Crippen LogP contribution is -2.52. The second-order valence-corrected chi connectivity index (χ2v) is 11.9. The third-order valence-corrected chi connectivity index (χ3v) is 8.81. The molecule has 0 bridgehead atoms. The number of likely N-dealkylation sites (N-methyl/N-ethyl adjacent to an activating group) is 1. The van der Waals surface area contributed by atoms with E-state index in [1.54, 1.807) is 68.4 Å². The summed E-state index contributed by atoms with van der Waals surface area (Å²) in [5.74, 6) is -0.855. The van der Waals surface area contributed by atoms with Crippen LogP contribution in [-0.2, 0) is 26.2 Å². The van der Waals surface area contributed by atoms with Gasteiger partial charge in [0.05, 0.1) is 20.6 Å². The monoisotopic (exact) mass is 589 g/mol. The van der Waals surface area contributed by atoms with E-state index in [2.05, 4.69) is 5.32 Å². The number of rotatable bonds is 11. The van der Waals surface area contributed by atoms with Crippen LogP contribution in [0.3, 0.4) is 0 Å². The number of nitrogens with one attached hydrogen (secondary N) is 1. The Morgan fingerprint density at radius 1 is 0.872 bits per heavy atom. The van der Waals surface area contributed by atoms with Crippen molar-refractivity contribution >= 4 is 50.7 Å². The van der Waals surface area contributed by atoms with E-state index in [0.29, 0.717) is 34.3 Å². The van der Waals surface area contributed by atoms with E-state index >= 15 is 0 Å². The van der Waals surface area contributed by atoms with Gasteiger partial charge in [-0.1, -0.05) is 71.6 Å². The number of halogens is 2. The maximum Gasteiger partial charge on any atom is 0.264 e. The van der Waals surface area contributed by atoms with E-state index in [1.807, 2.05) is 13.8 Å². The zero-order valence-corrected chi connectivity index (χ0v) is 24.8. The third-order valence-electron chi connectivity index (χ3n) is 6.28. The van der Waals surface area contributed by atoms with E-state index in [1.165, 1.54) is 17.0 Å². The lowest BCUT2D eigenvalue weighted by molar-refractivity contribution is -0.140. The normalized spacial score (nSPS) is 12.1. The fourth-order valence-corrected chi connectivity index (χ4v) is 5.86. The zero-order valence-electron chi connectivity index (χ0n) is 22.4. The van der Waals surface area contributed by atoms with Gasteiger partial charge in [0.1, 0.15) is 12.6 Å². The van der Waals surface area contributed by atoms with Gasteiger partial charge in [-0.3, -0.25) is 13.9 Å². The van der Waals surface area contributed by atoms with Crippen molar-refractivity contribution in [3.63, 3.8) is 0 Å². The number of anilines is 1. The fourth-order valence-electron chi connectivity index (χ4n) is 4.12. The molecule has 0 unspecified atom stereocenters. The number of benzene rings is 3. The van der Waals surface area contributed by atoms with Gasteiger partial charge in [0.15, 0.2) is 0 Å². The summed E-state index contributed by atoms with van der Waals surface area (Å²) in [5, 5.41) is 3.46. The average Bonchev–Trinajstić information content (AvgIpc) is 2.90. The van der Waals surface area contributed by atoms with Crippen LogP contribution in [0.2, 0.25) is 10.0 Å². The quantitative estimate of drug-likeness (QED) is 0.308. The first-order chi connectivity index (χ1) is 18.5. The van der Waals surface area contributed by atoms with Gasteiger partial charge in [-0.25, -0.2) is 8.42 Å². The Bertz CT molecular complexity index is 1410. The maximum atomic E-state index is 14.0. The molecule has 1 N–H and O–H groups in total. The Morgan fingerprint density at radius 3 is 2.00 bits per heavy atom. The first kappa shape index (κ1) is 30.5. The number of amides is 2. The van der Waals surface area contributed by atoms with Crippen molar-refractivity contribution in [2.75, 3.05) is 17.4 Å². The summed E-state index contributed by atoms with van der Waals surface area (Å²) in [6.45, 7) is 7.28. The highest BCUT2D eigenvalue weighted by Crippen LogP contribution is 2.27. The first-order valence-corrected chi connectivity index (χ1v) is 14.8. The minimum atomic E-state index is -4.11. The van der Waals surface area contributed by atoms with Crippen LogP contribution in [-0.4, -0.2) is 44.3 Å². The summed E-state index contributed by atoms with van der Waals surface area (Å²) in [5.41, 5.74) is 2.85. The molecule has 3 rings (SSSR count). The zero-order chi connectivity index (χ0) is 28.7. The lowest BCUT2D eigenvalue weighted by atomic mass is 10.1. The molecule has 10 heteroatoms. The number of aryl methyl sites for hydroxylation is 2. The molecule has 0 aliphatic carbocycles. The van der Waals surface area contributed by atoms with Gasteiger partial charge in [0.2, 0.25) is 11.8 Å². The molecular weight excluding hydrogens is 557 g/mol. The molecule has 39 heavy (non-hydrogen) atoms. The Hall–Kier alpha value is -3.07. The van der Waals surface area contributed by atoms with E-state index < -0.39 is 28.5 Å². The summed E-state index contributed by atoms with van der Waals surface area (Å²) in [4.78, 5) is 28.4. The SMILES string of the molecule is CCNC(=O)[C@H](CC)N(Cc1ccc(Cl)c(Cl)c1)C(=O)CN(c1ccc(C)cc1)S(=O)(=O)c1ccc(C)cc1. The van der Waals surface area contributed by atoms with E-state index in [0.717, 1.165) is 15.4 Å². The van der Waals surface area contributed by atoms with Crippen LogP contribution in [0.4, 0.5) is 5.69 Å². The fraction of sp³-hybridized carbons (Fsp3) is 0.310. The van der Waals surface area contributed by atoms with Crippen LogP contribution in [0.1, 0.15) is 37.0 Å². The molecule has 208 valence electrons. The smallest absolute Gasteiger partial charge is 0.264 e. The number of nitrogens with zero attached hydrogens (tertiary/aromatic N) is 2. The first-order valence-electron chi connectivity index (χ1n) is 12.6. The summed E-state index contributed by atoms with van der Waals surface area (Å²) < 4.78 is 28.8. The second-order valence-electron chi connectivity index (χ2n) is 9.25. The predicted octanol–water partition coefficient (Wildman–Crippen LogP) is 5.75. The van der Waals surface area contributed by atoms with Crippen molar-refractivity contribution in [1.29, 1.82) is 0 Å². The molecule has 3 aromatic carbocycles. The van der Waals surface area contributed by atoms with Gasteiger partial charge >= 0.3 is 0 Å². The Labute approximate surface area is 240 Å². The van der Waals surface area contributed by atoms with Gasteiger partial charge < -0.3 is 10.2 Å². The second kappa shape index (κ2) is 13.3. The van der Waals surface area contributed by atoms with Crippen molar-refractivity contribution in [3.05, 3.63) is 93.5 Å². The Balaban J connectivity index is 2.06. The minimum absolute atomic E-state index is 0.0394. The van der Waals surface area contributed by atoms with Crippen molar-refractivity contribution in [2.45, 2.75) is 51.6 Å². The van der Waals surface area contributed by atoms with E-state index in [4.69, 9.17) is 23.2 Å². The molecule has 0 aliphatic rings. The standard InChI is InChI=1S/C29H33Cl2N3O4S/c1-5-27(29(36)32-6-2)33(18-22-11-16-25(30)26(31)17-22)28(35)19-34(23-12-7-20(3)8-13-23)39(37,38)24-14-9-21(4)10-15-24/h7-17,27H,5-6,18-19H2,1-4H3,(H,32,36)/t27-/m0/s1. The molecule has 0 heterocycles. The van der Waals surface area contributed by atoms with Crippen LogP contribution in [0.5, 0.6) is 0 Å². The lowest BCUT2D eigenvalue weighted by Gasteiger charge is -2.33. The molecule has 7 nitrogen and oxygen atoms in total. The van der Waals surface area contributed by atoms with Crippen LogP contribution in [0.15, 0.2) is 71.6 Å². The summed E-state index contributed by atoms with van der Waals surface area (Å²) in [6.07, 6.45) is 0.328. The highest BCUT2D eigenvalue weighted by molar-refractivity contribution is 7.92. The number of hydrogen-bond donors (Lipinski definition) is 1. The van der Waals surface area contributed by atoms with Gasteiger partial charge in [-0.05, 0) is 69.2 Å². The van der Waals surface area contributed by atoms with Crippen LogP contribution in [0, 0.1) is 13.8 Å². The molecule has 0 aromatic heterocycles. The highest BCUT2D eigenvalue weighted by Gasteiger charge is 2.33. The molecule has 0 saturated heterocycles. The summed E-state index contributed by atoms with van der Waals surface area (Å²) in [7, 11) is -4.11. The molecule has 0 aliphatic heterocycles. The van der Waals surface area contributed by atoms with Crippen molar-refractivity contribution in [3.8, 4) is 0 Å². The molecule has 1 atom stereocenters. The number of sulfonamides is 1. The molecule has 2 amide bonds. The number of carbonyl (C=O) groups excluding carboxylic acids is 2. The van der Waals surface area contributed by atoms with Crippen LogP contribution in [0.25, 0.3) is 0 Å². The van der Waals surface area contributed by atoms with E-state index in [9.17, 15) is 18.0 Å². The molecule has 0 radical (unpaired) electrons. The molecule has 3 aromatic rings. The highest BCUT2D eigenvalue weighted by atomic mass is 35.5. The van der Waals surface area contributed by atoms with Gasteiger partial charge in [-0.2, -0.15) is 0 Å². The molecule has 0 spiro atoms. The van der Waals surface area contributed by atoms with Crippen molar-refractivity contribution < 1.29 is 18.0 Å². The summed E-state index contributed by atoms with van der Waals surface area (Å²) >= 11 is 12.3. The molecule has 0 saturated carbocycles. The van der Waals surface area contributed by atoms with Crippen LogP contribution >= 0.6 is 23.2 Å². The number of carbonyl (C=O) groups is 2. The third kappa shape index (κ3) is 7.53. The van der Waals surface area contributed by atoms with Gasteiger partial charge in [0.25, 0.3) is 10.0 Å². The number of hydrogen-bond acceptors (Lipinski definition) is 4. The Morgan fingerprint density at radius 2 is 1.46 bits per heavy atom.